The minimum absolute atomic E-state index is 0. The van der Waals surface area contributed by atoms with Crippen molar-refractivity contribution in [3.05, 3.63) is 77.9 Å². The predicted molar refractivity (Wildman–Crippen MR) is 112 cm³/mol. The van der Waals surface area contributed by atoms with Crippen molar-refractivity contribution in [1.29, 1.82) is 0 Å². The van der Waals surface area contributed by atoms with Gasteiger partial charge in [-0.15, -0.1) is 6.20 Å². The zero-order chi connectivity index (χ0) is 22.6. The summed E-state index contributed by atoms with van der Waals surface area (Å²) in [6, 6.07) is 8.19. The molecule has 0 saturated heterocycles. The van der Waals surface area contributed by atoms with Crippen molar-refractivity contribution in [3.63, 3.8) is 0 Å². The molecule has 1 aromatic heterocycles. The van der Waals surface area contributed by atoms with E-state index in [2.05, 4.69) is 26.8 Å². The monoisotopic (exact) mass is 467 g/mol. The summed E-state index contributed by atoms with van der Waals surface area (Å²) in [4.78, 5) is 20.0. The van der Waals surface area contributed by atoms with Gasteiger partial charge in [0.05, 0.1) is 24.0 Å². The number of alkyl halides is 3. The SMILES string of the molecule is Cc1cc(C(=O)Nc2cccc(C(C)N[C-]=CN=C3C=[N+](C)[CH-]3)c2)cnc1C(F)(F)F.[K+]. The summed E-state index contributed by atoms with van der Waals surface area (Å²) in [5.41, 5.74) is 1.19. The molecule has 6 nitrogen and oxygen atoms in total. The quantitative estimate of drug-likeness (QED) is 0.287. The van der Waals surface area contributed by atoms with Gasteiger partial charge in [0.25, 0.3) is 5.91 Å². The molecule has 32 heavy (non-hydrogen) atoms. The van der Waals surface area contributed by atoms with Gasteiger partial charge in [-0.25, -0.2) is 0 Å². The zero-order valence-electron chi connectivity index (χ0n) is 18.2. The number of hydrogen-bond acceptors (Lipinski definition) is 4. The Kier molecular flexibility index (Phi) is 9.23. The molecule has 1 aromatic carbocycles. The van der Waals surface area contributed by atoms with E-state index >= 15 is 0 Å². The van der Waals surface area contributed by atoms with Crippen LogP contribution in [-0.2, 0) is 6.18 Å². The molecule has 0 bridgehead atoms. The molecule has 1 amide bonds. The number of rotatable bonds is 6. The fraction of sp³-hybridized carbons (Fsp3) is 0.227. The smallest absolute Gasteiger partial charge is 0.560 e. The van der Waals surface area contributed by atoms with Gasteiger partial charge in [0.1, 0.15) is 12.7 Å². The first-order valence-corrected chi connectivity index (χ1v) is 9.41. The molecule has 2 heterocycles. The third kappa shape index (κ3) is 7.01. The maximum atomic E-state index is 12.8. The van der Waals surface area contributed by atoms with Gasteiger partial charge >= 0.3 is 57.6 Å². The van der Waals surface area contributed by atoms with E-state index in [0.29, 0.717) is 5.69 Å². The Bertz CT molecular complexity index is 1080. The Labute approximate surface area is 227 Å². The second-order valence-electron chi connectivity index (χ2n) is 7.08. The number of carbonyl (C=O) groups excluding carboxylic acids is 1. The number of anilines is 1. The molecule has 0 fully saturated rings. The standard InChI is InChI=1S/C22H21F3N5O.K/c1-14-9-17(11-28-20(14)22(23,24)25)21(31)29-18-6-4-5-16(10-18)15(2)26-7-8-27-19-12-30(3)13-19;/h4-6,8-13,15,26H,1-3H3,(H,29,31);/q-1;+1. The molecule has 0 spiro atoms. The van der Waals surface area contributed by atoms with E-state index in [1.54, 1.807) is 18.2 Å². The molecule has 1 unspecified atom stereocenters. The second-order valence-corrected chi connectivity index (χ2v) is 7.08. The molecule has 0 saturated carbocycles. The molecule has 2 aromatic rings. The van der Waals surface area contributed by atoms with Crippen LogP contribution in [0, 0.1) is 19.7 Å². The van der Waals surface area contributed by atoms with E-state index in [0.717, 1.165) is 17.5 Å². The Morgan fingerprint density at radius 1 is 1.34 bits per heavy atom. The summed E-state index contributed by atoms with van der Waals surface area (Å²) in [6.45, 7) is 5.07. The summed E-state index contributed by atoms with van der Waals surface area (Å²) in [5, 5.41) is 5.76. The van der Waals surface area contributed by atoms with Crippen molar-refractivity contribution in [2.45, 2.75) is 26.1 Å². The van der Waals surface area contributed by atoms with Crippen LogP contribution in [0.25, 0.3) is 0 Å². The minimum atomic E-state index is -4.56. The van der Waals surface area contributed by atoms with Crippen LogP contribution in [0.4, 0.5) is 18.9 Å². The summed E-state index contributed by atoms with van der Waals surface area (Å²) < 4.78 is 40.4. The molecule has 0 aliphatic carbocycles. The maximum Gasteiger partial charge on any atom is 1.00 e. The van der Waals surface area contributed by atoms with Gasteiger partial charge in [-0.05, 0) is 43.2 Å². The van der Waals surface area contributed by atoms with Crippen LogP contribution in [0.1, 0.15) is 40.1 Å². The fourth-order valence-corrected chi connectivity index (χ4v) is 2.91. The number of amides is 1. The van der Waals surface area contributed by atoms with Crippen molar-refractivity contribution in [1.82, 2.24) is 10.3 Å². The van der Waals surface area contributed by atoms with Gasteiger partial charge in [-0.3, -0.25) is 9.78 Å². The van der Waals surface area contributed by atoms with Gasteiger partial charge in [-0.2, -0.15) is 13.2 Å². The van der Waals surface area contributed by atoms with Gasteiger partial charge in [0.2, 0.25) is 0 Å². The molecule has 1 atom stereocenters. The van der Waals surface area contributed by atoms with Crippen molar-refractivity contribution in [2.24, 2.45) is 4.99 Å². The molecule has 0 radical (unpaired) electrons. The summed E-state index contributed by atoms with van der Waals surface area (Å²) in [7, 11) is 1.91. The van der Waals surface area contributed by atoms with Crippen molar-refractivity contribution in [3.8, 4) is 0 Å². The van der Waals surface area contributed by atoms with E-state index < -0.39 is 17.8 Å². The molecule has 1 aliphatic rings. The summed E-state index contributed by atoms with van der Waals surface area (Å²) >= 11 is 0. The fourth-order valence-electron chi connectivity index (χ4n) is 2.91. The van der Waals surface area contributed by atoms with E-state index in [9.17, 15) is 18.0 Å². The summed E-state index contributed by atoms with van der Waals surface area (Å²) in [5.74, 6) is -0.540. The van der Waals surface area contributed by atoms with Crippen LogP contribution in [0.15, 0.2) is 47.7 Å². The number of carbonyl (C=O) groups is 1. The van der Waals surface area contributed by atoms with E-state index in [1.807, 2.05) is 37.4 Å². The normalized spacial score (nSPS) is 15.3. The Hall–Kier alpha value is -1.98. The average molecular weight is 468 g/mol. The van der Waals surface area contributed by atoms with Gasteiger partial charge in [0, 0.05) is 17.9 Å². The van der Waals surface area contributed by atoms with E-state index in [-0.39, 0.29) is 68.6 Å². The van der Waals surface area contributed by atoms with Crippen molar-refractivity contribution >= 4 is 23.5 Å². The topological polar surface area (TPSA) is 69.4 Å². The Morgan fingerprint density at radius 3 is 2.69 bits per heavy atom. The zero-order valence-corrected chi connectivity index (χ0v) is 21.3. The number of aromatic nitrogens is 1. The molecule has 3 rings (SSSR count). The number of hydrogen-bond donors (Lipinski definition) is 2. The number of halogens is 3. The van der Waals surface area contributed by atoms with Crippen LogP contribution in [0.2, 0.25) is 0 Å². The van der Waals surface area contributed by atoms with Crippen LogP contribution in [0.5, 0.6) is 0 Å². The molecule has 162 valence electrons. The first-order chi connectivity index (χ1) is 14.6. The van der Waals surface area contributed by atoms with Crippen molar-refractivity contribution < 1.29 is 73.9 Å². The third-order valence-corrected chi connectivity index (χ3v) is 4.50. The van der Waals surface area contributed by atoms with Gasteiger partial charge in [-0.1, -0.05) is 12.1 Å². The maximum absolute atomic E-state index is 12.8. The number of aliphatic imine (C=N–C) groups is 1. The van der Waals surface area contributed by atoms with Crippen LogP contribution < -0.4 is 62.0 Å². The van der Waals surface area contributed by atoms with E-state index in [4.69, 9.17) is 0 Å². The van der Waals surface area contributed by atoms with Crippen LogP contribution >= 0.6 is 0 Å². The first kappa shape index (κ1) is 26.3. The van der Waals surface area contributed by atoms with Crippen molar-refractivity contribution in [2.75, 3.05) is 12.4 Å². The molecule has 1 aliphatic heterocycles. The Morgan fingerprint density at radius 2 is 2.06 bits per heavy atom. The number of nitrogens with one attached hydrogen (secondary N) is 2. The first-order valence-electron chi connectivity index (χ1n) is 9.41. The second kappa shape index (κ2) is 11.2. The van der Waals surface area contributed by atoms with E-state index in [1.165, 1.54) is 19.2 Å². The number of benzene rings is 1. The van der Waals surface area contributed by atoms with Gasteiger partial charge < -0.3 is 26.4 Å². The number of nitrogens with zero attached hydrogens (tertiary/aromatic N) is 3. The summed E-state index contributed by atoms with van der Waals surface area (Å²) in [6.07, 6.45) is 2.68. The molecular weight excluding hydrogens is 446 g/mol. The molecule has 2 N–H and O–H groups in total. The third-order valence-electron chi connectivity index (χ3n) is 4.50. The largest absolute Gasteiger partial charge is 1.00 e. The average Bonchev–Trinajstić information content (AvgIpc) is 2.68. The molecular formula is C22H21F3KN5O. The molecule has 10 heteroatoms. The predicted octanol–water partition coefficient (Wildman–Crippen LogP) is 0.920. The number of pyridine rings is 1. The van der Waals surface area contributed by atoms with Crippen LogP contribution in [0.3, 0.4) is 0 Å². The Balaban J connectivity index is 0.00000363. The number of aryl methyl sites for hydroxylation is 1. The van der Waals surface area contributed by atoms with Gasteiger partial charge in [0.15, 0.2) is 0 Å². The van der Waals surface area contributed by atoms with Crippen LogP contribution in [-0.4, -0.2) is 34.4 Å². The minimum Gasteiger partial charge on any atom is -0.560 e.